The molecule has 164 valence electrons. The van der Waals surface area contributed by atoms with Crippen molar-refractivity contribution in [1.82, 2.24) is 0 Å². The Morgan fingerprint density at radius 2 is 1.73 bits per heavy atom. The van der Waals surface area contributed by atoms with Gasteiger partial charge >= 0.3 is 0 Å². The average Bonchev–Trinajstić information content (AvgIpc) is 2.60. The van der Waals surface area contributed by atoms with Crippen molar-refractivity contribution in [2.75, 3.05) is 0 Å². The van der Waals surface area contributed by atoms with Crippen molar-refractivity contribution >= 4 is 15.4 Å². The zero-order chi connectivity index (χ0) is 22.9. The highest BCUT2D eigenvalue weighted by Gasteiger charge is 2.37. The van der Waals surface area contributed by atoms with Crippen LogP contribution in [-0.2, 0) is 16.3 Å². The van der Waals surface area contributed by atoms with Crippen LogP contribution < -0.4 is 0 Å². The van der Waals surface area contributed by atoms with E-state index in [0.717, 1.165) is 36.0 Å². The molecule has 0 aliphatic carbocycles. The summed E-state index contributed by atoms with van der Waals surface area (Å²) in [6.45, 7) is 14.7. The summed E-state index contributed by atoms with van der Waals surface area (Å²) in [4.78, 5) is -0.0759. The molecule has 5 heteroatoms. The predicted molar refractivity (Wildman–Crippen MR) is 125 cm³/mol. The smallest absolute Gasteiger partial charge is 0.187 e. The van der Waals surface area contributed by atoms with Gasteiger partial charge in [-0.1, -0.05) is 55.7 Å². The molecule has 0 aromatic heterocycles. The molecular weight excluding hydrogens is 396 g/mol. The summed E-state index contributed by atoms with van der Waals surface area (Å²) in [5.74, 6) is -0.510. The van der Waals surface area contributed by atoms with Crippen LogP contribution in [0.4, 0.5) is 0 Å². The largest absolute Gasteiger partial charge is 0.507 e. The number of hydrogen-bond donors (Lipinski definition) is 2. The zero-order valence-corrected chi connectivity index (χ0v) is 19.8. The number of aromatic hydroxyl groups is 2. The fraction of sp³-hybridized carbons (Fsp3) is 0.440. The van der Waals surface area contributed by atoms with Crippen LogP contribution in [0.3, 0.4) is 0 Å². The third kappa shape index (κ3) is 4.56. The number of phenols is 2. The lowest BCUT2D eigenvalue weighted by Crippen LogP contribution is -2.29. The number of benzene rings is 2. The normalized spacial score (nSPS) is 12.2. The maximum Gasteiger partial charge on any atom is 0.187 e. The molecule has 2 aromatic carbocycles. The summed E-state index contributed by atoms with van der Waals surface area (Å²) in [7, 11) is -3.85. The Labute approximate surface area is 181 Å². The molecule has 2 rings (SSSR count). The molecule has 0 fully saturated rings. The second-order valence-corrected chi connectivity index (χ2v) is 11.6. The number of phenolic OH excluding ortho intramolecular Hbond substituents is 2. The molecule has 2 N–H and O–H groups in total. The van der Waals surface area contributed by atoms with Gasteiger partial charge in [-0.25, -0.2) is 8.42 Å². The van der Waals surface area contributed by atoms with E-state index < -0.39 is 14.6 Å². The van der Waals surface area contributed by atoms with Gasteiger partial charge in [0.1, 0.15) is 16.4 Å². The minimum absolute atomic E-state index is 0.0759. The average molecular weight is 431 g/mol. The van der Waals surface area contributed by atoms with Crippen LogP contribution >= 0.6 is 0 Å². The van der Waals surface area contributed by atoms with Crippen molar-refractivity contribution in [2.45, 2.75) is 76.9 Å². The van der Waals surface area contributed by atoms with Gasteiger partial charge < -0.3 is 10.2 Å². The van der Waals surface area contributed by atoms with Crippen LogP contribution in [0.1, 0.15) is 70.6 Å². The number of aryl methyl sites for hydroxylation is 2. The van der Waals surface area contributed by atoms with E-state index in [2.05, 4.69) is 13.5 Å². The monoisotopic (exact) mass is 430 g/mol. The highest BCUT2D eigenvalue weighted by Crippen LogP contribution is 2.48. The fourth-order valence-corrected chi connectivity index (χ4v) is 5.02. The van der Waals surface area contributed by atoms with Crippen molar-refractivity contribution in [1.29, 1.82) is 0 Å². The highest BCUT2D eigenvalue weighted by molar-refractivity contribution is 7.93. The van der Waals surface area contributed by atoms with Gasteiger partial charge in [-0.3, -0.25) is 0 Å². The third-order valence-electron chi connectivity index (χ3n) is 5.34. The van der Waals surface area contributed by atoms with Crippen LogP contribution in [-0.4, -0.2) is 23.4 Å². The van der Waals surface area contributed by atoms with Gasteiger partial charge in [-0.2, -0.15) is 0 Å². The van der Waals surface area contributed by atoms with Crippen LogP contribution in [0.25, 0.3) is 16.7 Å². The number of allylic oxidation sites excluding steroid dienone is 1. The molecule has 0 atom stereocenters. The first-order valence-electron chi connectivity index (χ1n) is 10.4. The minimum atomic E-state index is -3.85. The predicted octanol–water partition coefficient (Wildman–Crippen LogP) is 6.41. The first-order valence-corrected chi connectivity index (χ1v) is 11.9. The lowest BCUT2D eigenvalue weighted by atomic mass is 9.91. The molecule has 0 unspecified atom stereocenters. The van der Waals surface area contributed by atoms with E-state index in [0.29, 0.717) is 17.5 Å². The third-order valence-corrected chi connectivity index (χ3v) is 7.94. The first-order chi connectivity index (χ1) is 13.8. The summed E-state index contributed by atoms with van der Waals surface area (Å²) < 4.78 is 25.8. The second kappa shape index (κ2) is 8.84. The topological polar surface area (TPSA) is 74.6 Å². The molecular formula is C25H34O4S. The molecule has 4 nitrogen and oxygen atoms in total. The van der Waals surface area contributed by atoms with Gasteiger partial charge in [-0.05, 0) is 70.2 Å². The van der Waals surface area contributed by atoms with E-state index in [1.54, 1.807) is 20.8 Å². The first kappa shape index (κ1) is 24.0. The highest BCUT2D eigenvalue weighted by atomic mass is 32.2. The Hall–Kier alpha value is -2.27. The van der Waals surface area contributed by atoms with E-state index in [4.69, 9.17) is 0 Å². The molecule has 0 aliphatic rings. The van der Waals surface area contributed by atoms with Gasteiger partial charge in [0.25, 0.3) is 0 Å². The van der Waals surface area contributed by atoms with Gasteiger partial charge in [0.15, 0.2) is 9.84 Å². The Morgan fingerprint density at radius 1 is 1.10 bits per heavy atom. The van der Waals surface area contributed by atoms with Crippen LogP contribution in [0.5, 0.6) is 11.5 Å². The summed E-state index contributed by atoms with van der Waals surface area (Å²) in [6, 6.07) is 7.14. The quantitative estimate of drug-likeness (QED) is 0.498. The lowest BCUT2D eigenvalue weighted by Gasteiger charge is -2.25. The van der Waals surface area contributed by atoms with Crippen molar-refractivity contribution in [2.24, 2.45) is 0 Å². The van der Waals surface area contributed by atoms with Crippen LogP contribution in [0.15, 0.2) is 35.7 Å². The van der Waals surface area contributed by atoms with Gasteiger partial charge in [0.05, 0.1) is 10.3 Å². The molecule has 0 bridgehead atoms. The van der Waals surface area contributed by atoms with E-state index in [-0.39, 0.29) is 22.0 Å². The molecule has 0 amide bonds. The Balaban J connectivity index is 2.92. The zero-order valence-electron chi connectivity index (χ0n) is 19.0. The van der Waals surface area contributed by atoms with Crippen molar-refractivity contribution < 1.29 is 18.6 Å². The molecule has 0 saturated carbocycles. The molecule has 0 saturated heterocycles. The van der Waals surface area contributed by atoms with Crippen molar-refractivity contribution in [3.63, 3.8) is 0 Å². The Morgan fingerprint density at radius 3 is 2.27 bits per heavy atom. The minimum Gasteiger partial charge on any atom is -0.507 e. The number of rotatable bonds is 7. The van der Waals surface area contributed by atoms with Crippen molar-refractivity contribution in [3.05, 3.63) is 47.5 Å². The standard InChI is InChI=1S/C25H34O4S/c1-8-9-10-11-18-15-21(26)22(20-14-17(4)12-13-19(20)16(2)3)23(27)24(18)30(28,29)25(5,6)7/h12-15,26-27H,2,8-11H2,1,3-7H3. The van der Waals surface area contributed by atoms with E-state index >= 15 is 0 Å². The fourth-order valence-electron chi connectivity index (χ4n) is 3.55. The van der Waals surface area contributed by atoms with E-state index in [9.17, 15) is 18.6 Å². The SMILES string of the molecule is C=C(C)c1ccc(C)cc1-c1c(O)cc(CCCCC)c(S(=O)(=O)C(C)(C)C)c1O. The molecule has 0 aliphatic heterocycles. The van der Waals surface area contributed by atoms with Crippen molar-refractivity contribution in [3.8, 4) is 22.6 Å². The summed E-state index contributed by atoms with van der Waals surface area (Å²) >= 11 is 0. The maximum atomic E-state index is 13.4. The second-order valence-electron chi connectivity index (χ2n) is 9.01. The molecule has 0 radical (unpaired) electrons. The number of sulfone groups is 1. The lowest BCUT2D eigenvalue weighted by molar-refractivity contribution is 0.438. The van der Waals surface area contributed by atoms with Gasteiger partial charge in [-0.15, -0.1) is 0 Å². The summed E-state index contributed by atoms with van der Waals surface area (Å²) in [5, 5.41) is 22.2. The van der Waals surface area contributed by atoms with Crippen LogP contribution in [0.2, 0.25) is 0 Å². The molecule has 0 heterocycles. The maximum absolute atomic E-state index is 13.4. The Kier molecular flexibility index (Phi) is 7.08. The van der Waals surface area contributed by atoms with Gasteiger partial charge in [0.2, 0.25) is 0 Å². The summed E-state index contributed by atoms with van der Waals surface area (Å²) in [6.07, 6.45) is 3.18. The summed E-state index contributed by atoms with van der Waals surface area (Å²) in [5.41, 5.74) is 3.62. The van der Waals surface area contributed by atoms with E-state index in [1.165, 1.54) is 6.07 Å². The molecule has 2 aromatic rings. The number of unbranched alkanes of at least 4 members (excludes halogenated alkanes) is 2. The van der Waals surface area contributed by atoms with E-state index in [1.807, 2.05) is 32.0 Å². The molecule has 30 heavy (non-hydrogen) atoms. The molecule has 0 spiro atoms. The Bertz CT molecular complexity index is 1060. The van der Waals surface area contributed by atoms with Crippen LogP contribution in [0, 0.1) is 6.92 Å². The van der Waals surface area contributed by atoms with Gasteiger partial charge in [0, 0.05) is 0 Å². The number of hydrogen-bond acceptors (Lipinski definition) is 4.